The molecule has 4 rings (SSSR count). The summed E-state index contributed by atoms with van der Waals surface area (Å²) in [5.41, 5.74) is 3.01. The Morgan fingerprint density at radius 2 is 2.04 bits per heavy atom. The fraction of sp³-hybridized carbons (Fsp3) is 0.0556. The molecule has 0 unspecified atom stereocenters. The zero-order valence-corrected chi connectivity index (χ0v) is 13.0. The van der Waals surface area contributed by atoms with Crippen LogP contribution in [0.4, 0.5) is 4.39 Å². The standard InChI is InChI=1S/C18H12ClFN2O/c1-10-5-6-16(23-10)11-7-13-14(9-22-18(13)21-8-11)12-3-2-4-15(20)17(12)19/h2-9H,1H3,(H,21,22). The van der Waals surface area contributed by atoms with Crippen LogP contribution in [0.5, 0.6) is 0 Å². The van der Waals surface area contributed by atoms with Gasteiger partial charge in [0, 0.05) is 34.5 Å². The molecule has 3 aromatic heterocycles. The summed E-state index contributed by atoms with van der Waals surface area (Å²) >= 11 is 6.12. The Morgan fingerprint density at radius 1 is 1.17 bits per heavy atom. The fourth-order valence-electron chi connectivity index (χ4n) is 2.66. The molecule has 0 saturated heterocycles. The van der Waals surface area contributed by atoms with Crippen molar-refractivity contribution in [2.75, 3.05) is 0 Å². The molecule has 0 radical (unpaired) electrons. The highest BCUT2D eigenvalue weighted by Crippen LogP contribution is 2.36. The average molecular weight is 327 g/mol. The van der Waals surface area contributed by atoms with Crippen molar-refractivity contribution in [3.05, 3.63) is 65.4 Å². The number of aromatic amines is 1. The number of benzene rings is 1. The third kappa shape index (κ3) is 2.32. The van der Waals surface area contributed by atoms with Crippen LogP contribution in [-0.4, -0.2) is 9.97 Å². The maximum Gasteiger partial charge on any atom is 0.142 e. The van der Waals surface area contributed by atoms with Crippen LogP contribution < -0.4 is 0 Å². The van der Waals surface area contributed by atoms with Crippen molar-refractivity contribution in [2.45, 2.75) is 6.92 Å². The summed E-state index contributed by atoms with van der Waals surface area (Å²) in [7, 11) is 0. The zero-order valence-electron chi connectivity index (χ0n) is 12.2. The molecule has 0 bridgehead atoms. The van der Waals surface area contributed by atoms with E-state index in [4.69, 9.17) is 16.0 Å². The molecule has 0 aliphatic rings. The monoisotopic (exact) mass is 326 g/mol. The highest BCUT2D eigenvalue weighted by molar-refractivity contribution is 6.33. The lowest BCUT2D eigenvalue weighted by molar-refractivity contribution is 0.548. The highest BCUT2D eigenvalue weighted by atomic mass is 35.5. The Hall–Kier alpha value is -2.59. The number of hydrogen-bond acceptors (Lipinski definition) is 2. The molecule has 0 spiro atoms. The van der Waals surface area contributed by atoms with Gasteiger partial charge >= 0.3 is 0 Å². The highest BCUT2D eigenvalue weighted by Gasteiger charge is 2.14. The van der Waals surface area contributed by atoms with Gasteiger partial charge < -0.3 is 9.40 Å². The third-order valence-corrected chi connectivity index (χ3v) is 4.18. The van der Waals surface area contributed by atoms with Gasteiger partial charge in [-0.1, -0.05) is 23.7 Å². The molecule has 1 N–H and O–H groups in total. The Labute approximate surface area is 136 Å². The molecule has 3 nitrogen and oxygen atoms in total. The van der Waals surface area contributed by atoms with Crippen LogP contribution in [0, 0.1) is 12.7 Å². The molecule has 23 heavy (non-hydrogen) atoms. The van der Waals surface area contributed by atoms with Crippen LogP contribution in [0.1, 0.15) is 5.76 Å². The molecule has 114 valence electrons. The summed E-state index contributed by atoms with van der Waals surface area (Å²) in [5, 5.41) is 0.969. The molecule has 0 atom stereocenters. The lowest BCUT2D eigenvalue weighted by atomic mass is 10.0. The van der Waals surface area contributed by atoms with Crippen molar-refractivity contribution in [3.8, 4) is 22.5 Å². The summed E-state index contributed by atoms with van der Waals surface area (Å²) in [6, 6.07) is 10.5. The summed E-state index contributed by atoms with van der Waals surface area (Å²) in [4.78, 5) is 7.51. The van der Waals surface area contributed by atoms with Crippen molar-refractivity contribution < 1.29 is 8.81 Å². The second-order valence-corrected chi connectivity index (χ2v) is 5.71. The van der Waals surface area contributed by atoms with Crippen molar-refractivity contribution in [3.63, 3.8) is 0 Å². The lowest BCUT2D eigenvalue weighted by Crippen LogP contribution is -1.84. The summed E-state index contributed by atoms with van der Waals surface area (Å²) in [6.07, 6.45) is 3.53. The number of pyridine rings is 1. The minimum absolute atomic E-state index is 0.104. The van der Waals surface area contributed by atoms with Gasteiger partial charge in [-0.2, -0.15) is 0 Å². The minimum atomic E-state index is -0.440. The number of aryl methyl sites for hydroxylation is 1. The fourth-order valence-corrected chi connectivity index (χ4v) is 2.89. The van der Waals surface area contributed by atoms with Crippen LogP contribution in [0.15, 0.2) is 53.2 Å². The Balaban J connectivity index is 1.93. The van der Waals surface area contributed by atoms with E-state index in [-0.39, 0.29) is 5.02 Å². The second kappa shape index (κ2) is 5.25. The van der Waals surface area contributed by atoms with Gasteiger partial charge in [0.1, 0.15) is 23.0 Å². The predicted octanol–water partition coefficient (Wildman–Crippen LogP) is 5.59. The Kier molecular flexibility index (Phi) is 3.20. The number of H-pyrrole nitrogens is 1. The van der Waals surface area contributed by atoms with Gasteiger partial charge in [0.25, 0.3) is 0 Å². The third-order valence-electron chi connectivity index (χ3n) is 3.80. The van der Waals surface area contributed by atoms with E-state index >= 15 is 0 Å². The topological polar surface area (TPSA) is 41.8 Å². The largest absolute Gasteiger partial charge is 0.461 e. The smallest absolute Gasteiger partial charge is 0.142 e. The number of fused-ring (bicyclic) bond motifs is 1. The molecular formula is C18H12ClFN2O. The van der Waals surface area contributed by atoms with E-state index in [1.165, 1.54) is 6.07 Å². The van der Waals surface area contributed by atoms with Crippen molar-refractivity contribution in [1.82, 2.24) is 9.97 Å². The van der Waals surface area contributed by atoms with Gasteiger partial charge in [-0.05, 0) is 31.2 Å². The lowest BCUT2D eigenvalue weighted by Gasteiger charge is -2.04. The normalized spacial score (nSPS) is 11.3. The van der Waals surface area contributed by atoms with Gasteiger partial charge in [0.2, 0.25) is 0 Å². The Morgan fingerprint density at radius 3 is 2.83 bits per heavy atom. The first kappa shape index (κ1) is 14.0. The number of rotatable bonds is 2. The first-order valence-corrected chi connectivity index (χ1v) is 7.49. The van der Waals surface area contributed by atoms with Crippen molar-refractivity contribution in [1.29, 1.82) is 0 Å². The minimum Gasteiger partial charge on any atom is -0.461 e. The van der Waals surface area contributed by atoms with Crippen molar-refractivity contribution in [2.24, 2.45) is 0 Å². The number of aromatic nitrogens is 2. The second-order valence-electron chi connectivity index (χ2n) is 5.33. The maximum absolute atomic E-state index is 13.7. The molecule has 5 heteroatoms. The number of halogens is 2. The number of furan rings is 1. The Bertz CT molecular complexity index is 1020. The van der Waals surface area contributed by atoms with Gasteiger partial charge in [-0.3, -0.25) is 0 Å². The SMILES string of the molecule is Cc1ccc(-c2cnc3[nH]cc(-c4cccc(F)c4Cl)c3c2)o1. The summed E-state index contributed by atoms with van der Waals surface area (Å²) < 4.78 is 19.4. The average Bonchev–Trinajstić information content (AvgIpc) is 3.16. The molecular weight excluding hydrogens is 315 g/mol. The van der Waals surface area contributed by atoms with Gasteiger partial charge in [0.05, 0.1) is 5.02 Å². The maximum atomic E-state index is 13.7. The molecule has 1 aromatic carbocycles. The van der Waals surface area contributed by atoms with E-state index in [0.717, 1.165) is 28.0 Å². The number of nitrogens with one attached hydrogen (secondary N) is 1. The predicted molar refractivity (Wildman–Crippen MR) is 88.9 cm³/mol. The van der Waals surface area contributed by atoms with Gasteiger partial charge in [0.15, 0.2) is 0 Å². The molecule has 0 amide bonds. The van der Waals surface area contributed by atoms with Crippen LogP contribution in [-0.2, 0) is 0 Å². The quantitative estimate of drug-likeness (QED) is 0.521. The first-order valence-electron chi connectivity index (χ1n) is 7.12. The van der Waals surface area contributed by atoms with Gasteiger partial charge in [-0.15, -0.1) is 0 Å². The first-order chi connectivity index (χ1) is 11.1. The van der Waals surface area contributed by atoms with Crippen LogP contribution in [0.2, 0.25) is 5.02 Å². The van der Waals surface area contributed by atoms with Crippen LogP contribution in [0.3, 0.4) is 0 Å². The number of nitrogens with zero attached hydrogens (tertiary/aromatic N) is 1. The van der Waals surface area contributed by atoms with E-state index in [2.05, 4.69) is 9.97 Å². The zero-order chi connectivity index (χ0) is 16.0. The van der Waals surface area contributed by atoms with E-state index < -0.39 is 5.82 Å². The molecule has 4 aromatic rings. The van der Waals surface area contributed by atoms with E-state index in [0.29, 0.717) is 11.2 Å². The molecule has 0 aliphatic carbocycles. The van der Waals surface area contributed by atoms with Crippen molar-refractivity contribution >= 4 is 22.6 Å². The van der Waals surface area contributed by atoms with E-state index in [9.17, 15) is 4.39 Å². The summed E-state index contributed by atoms with van der Waals surface area (Å²) in [5.74, 6) is 1.14. The van der Waals surface area contributed by atoms with E-state index in [1.54, 1.807) is 24.5 Å². The summed E-state index contributed by atoms with van der Waals surface area (Å²) in [6.45, 7) is 1.89. The van der Waals surface area contributed by atoms with Crippen LogP contribution in [0.25, 0.3) is 33.5 Å². The number of hydrogen-bond donors (Lipinski definition) is 1. The molecule has 0 fully saturated rings. The molecule has 0 saturated carbocycles. The molecule has 3 heterocycles. The van der Waals surface area contributed by atoms with Gasteiger partial charge in [-0.25, -0.2) is 9.37 Å². The molecule has 0 aliphatic heterocycles. The van der Waals surface area contributed by atoms with E-state index in [1.807, 2.05) is 25.1 Å². The van der Waals surface area contributed by atoms with Crippen LogP contribution >= 0.6 is 11.6 Å².